The lowest BCUT2D eigenvalue weighted by atomic mass is 10.1. The van der Waals surface area contributed by atoms with Crippen molar-refractivity contribution in [2.24, 2.45) is 0 Å². The van der Waals surface area contributed by atoms with Crippen molar-refractivity contribution in [3.63, 3.8) is 0 Å². The topological polar surface area (TPSA) is 52.3 Å². The number of halogens is 1. The van der Waals surface area contributed by atoms with Gasteiger partial charge in [0.1, 0.15) is 5.75 Å². The van der Waals surface area contributed by atoms with Crippen LogP contribution in [0.15, 0.2) is 18.2 Å². The van der Waals surface area contributed by atoms with Gasteiger partial charge < -0.3 is 10.5 Å². The van der Waals surface area contributed by atoms with Crippen LogP contribution >= 0.6 is 11.6 Å². The van der Waals surface area contributed by atoms with Crippen molar-refractivity contribution < 1.29 is 9.53 Å². The average Bonchev–Trinajstić information content (AvgIpc) is 2.20. The molecule has 0 radical (unpaired) electrons. The molecule has 4 heteroatoms. The number of carbonyl (C=O) groups is 1. The maximum absolute atomic E-state index is 11.3. The largest absolute Gasteiger partial charge is 0.494 e. The molecule has 2 N–H and O–H groups in total. The van der Waals surface area contributed by atoms with E-state index in [9.17, 15) is 4.79 Å². The number of nitrogens with two attached hydrogens (primary N) is 1. The third-order valence-corrected chi connectivity index (χ3v) is 2.00. The number of benzene rings is 1. The Balaban J connectivity index is 3.01. The zero-order valence-corrected chi connectivity index (χ0v) is 8.67. The number of hydrogen-bond donors (Lipinski definition) is 1. The molecule has 0 aliphatic carbocycles. The molecule has 1 rings (SSSR count). The minimum atomic E-state index is -0.189. The van der Waals surface area contributed by atoms with Crippen molar-refractivity contribution in [3.8, 4) is 5.75 Å². The van der Waals surface area contributed by atoms with E-state index in [2.05, 4.69) is 0 Å². The highest BCUT2D eigenvalue weighted by atomic mass is 35.5. The first-order chi connectivity index (χ1) is 6.69. The summed E-state index contributed by atoms with van der Waals surface area (Å²) in [6.07, 6.45) is 0. The molecule has 0 atom stereocenters. The van der Waals surface area contributed by atoms with E-state index in [0.29, 0.717) is 23.6 Å². The summed E-state index contributed by atoms with van der Waals surface area (Å²) >= 11 is 5.44. The molecule has 0 heterocycles. The summed E-state index contributed by atoms with van der Waals surface area (Å²) in [6.45, 7) is 2.43. The highest BCUT2D eigenvalue weighted by Gasteiger charge is 2.09. The van der Waals surface area contributed by atoms with Gasteiger partial charge in [-0.1, -0.05) is 0 Å². The smallest absolute Gasteiger partial charge is 0.179 e. The van der Waals surface area contributed by atoms with Gasteiger partial charge in [0, 0.05) is 11.3 Å². The number of anilines is 1. The monoisotopic (exact) mass is 213 g/mol. The summed E-state index contributed by atoms with van der Waals surface area (Å²) in [5.41, 5.74) is 6.48. The number of ketones is 1. The zero-order valence-electron chi connectivity index (χ0n) is 7.92. The van der Waals surface area contributed by atoms with Crippen molar-refractivity contribution in [2.75, 3.05) is 18.2 Å². The predicted octanol–water partition coefficient (Wildman–Crippen LogP) is 2.09. The van der Waals surface area contributed by atoms with E-state index in [1.54, 1.807) is 18.2 Å². The second-order valence-corrected chi connectivity index (χ2v) is 3.01. The molecule has 14 heavy (non-hydrogen) atoms. The molecule has 0 saturated heterocycles. The van der Waals surface area contributed by atoms with Gasteiger partial charge in [0.2, 0.25) is 0 Å². The summed E-state index contributed by atoms with van der Waals surface area (Å²) in [4.78, 5) is 11.3. The minimum Gasteiger partial charge on any atom is -0.494 e. The van der Waals surface area contributed by atoms with Crippen LogP contribution in [0.1, 0.15) is 17.3 Å². The van der Waals surface area contributed by atoms with Gasteiger partial charge in [0.15, 0.2) is 5.78 Å². The van der Waals surface area contributed by atoms with Crippen LogP contribution in [0, 0.1) is 0 Å². The first-order valence-electron chi connectivity index (χ1n) is 4.30. The Kier molecular flexibility index (Phi) is 3.77. The highest BCUT2D eigenvalue weighted by Crippen LogP contribution is 2.20. The van der Waals surface area contributed by atoms with Crippen molar-refractivity contribution in [1.29, 1.82) is 0 Å². The minimum absolute atomic E-state index is 0.0697. The quantitative estimate of drug-likeness (QED) is 0.473. The number of rotatable bonds is 4. The van der Waals surface area contributed by atoms with Gasteiger partial charge in [-0.05, 0) is 25.1 Å². The second kappa shape index (κ2) is 4.86. The molecule has 3 nitrogen and oxygen atoms in total. The van der Waals surface area contributed by atoms with Gasteiger partial charge in [-0.15, -0.1) is 11.6 Å². The number of carbonyl (C=O) groups excluding carboxylic acids is 1. The van der Waals surface area contributed by atoms with E-state index in [4.69, 9.17) is 22.1 Å². The maximum Gasteiger partial charge on any atom is 0.179 e. The molecule has 0 aliphatic heterocycles. The molecule has 0 aliphatic rings. The van der Waals surface area contributed by atoms with E-state index >= 15 is 0 Å². The Morgan fingerprint density at radius 2 is 2.29 bits per heavy atom. The van der Waals surface area contributed by atoms with Gasteiger partial charge in [0.05, 0.1) is 12.5 Å². The summed E-state index contributed by atoms with van der Waals surface area (Å²) in [5.74, 6) is 0.376. The van der Waals surface area contributed by atoms with Crippen molar-refractivity contribution in [3.05, 3.63) is 23.8 Å². The van der Waals surface area contributed by atoms with Gasteiger partial charge >= 0.3 is 0 Å². The fourth-order valence-corrected chi connectivity index (χ4v) is 1.25. The fourth-order valence-electron chi connectivity index (χ4n) is 1.11. The predicted molar refractivity (Wildman–Crippen MR) is 57.1 cm³/mol. The first-order valence-corrected chi connectivity index (χ1v) is 4.84. The summed E-state index contributed by atoms with van der Waals surface area (Å²) in [7, 11) is 0. The van der Waals surface area contributed by atoms with Gasteiger partial charge in [-0.25, -0.2) is 0 Å². The molecule has 0 saturated carbocycles. The summed E-state index contributed by atoms with van der Waals surface area (Å²) in [5, 5.41) is 0. The van der Waals surface area contributed by atoms with Crippen LogP contribution in [-0.4, -0.2) is 18.3 Å². The summed E-state index contributed by atoms with van der Waals surface area (Å²) in [6, 6.07) is 4.98. The van der Waals surface area contributed by atoms with Gasteiger partial charge in [-0.3, -0.25) is 4.79 Å². The van der Waals surface area contributed by atoms with Crippen LogP contribution in [0.3, 0.4) is 0 Å². The van der Waals surface area contributed by atoms with Gasteiger partial charge in [0.25, 0.3) is 0 Å². The molecule has 1 aromatic carbocycles. The Labute approximate surface area is 87.8 Å². The maximum atomic E-state index is 11.3. The van der Waals surface area contributed by atoms with Crippen LogP contribution in [0.5, 0.6) is 5.75 Å². The zero-order chi connectivity index (χ0) is 10.6. The molecule has 0 spiro atoms. The van der Waals surface area contributed by atoms with Crippen LogP contribution in [0.25, 0.3) is 0 Å². The number of nitrogen functional groups attached to an aromatic ring is 1. The molecule has 76 valence electrons. The highest BCUT2D eigenvalue weighted by molar-refractivity contribution is 6.31. The number of Topliss-reactive ketones (excluding diaryl/α,β-unsaturated/α-hetero) is 1. The van der Waals surface area contributed by atoms with Crippen molar-refractivity contribution >= 4 is 23.1 Å². The standard InChI is InChI=1S/C10H12ClNO2/c1-2-14-7-3-4-9(12)8(5-7)10(13)6-11/h3-5H,2,6,12H2,1H3. The SMILES string of the molecule is CCOc1ccc(N)c(C(=O)CCl)c1. The van der Waals surface area contributed by atoms with Crippen molar-refractivity contribution in [1.82, 2.24) is 0 Å². The normalized spacial score (nSPS) is 9.86. The Morgan fingerprint density at radius 3 is 2.86 bits per heavy atom. The third kappa shape index (κ3) is 2.39. The molecular weight excluding hydrogens is 202 g/mol. The Morgan fingerprint density at radius 1 is 1.57 bits per heavy atom. The van der Waals surface area contributed by atoms with Crippen LogP contribution in [0.4, 0.5) is 5.69 Å². The fraction of sp³-hybridized carbons (Fsp3) is 0.300. The number of ether oxygens (including phenoxy) is 1. The molecule has 0 unspecified atom stereocenters. The van der Waals surface area contributed by atoms with E-state index in [1.165, 1.54) is 0 Å². The lowest BCUT2D eigenvalue weighted by Gasteiger charge is -2.07. The third-order valence-electron chi connectivity index (χ3n) is 1.76. The molecule has 0 fully saturated rings. The molecule has 0 amide bonds. The van der Waals surface area contributed by atoms with Gasteiger partial charge in [-0.2, -0.15) is 0 Å². The van der Waals surface area contributed by atoms with Crippen LogP contribution < -0.4 is 10.5 Å². The molecular formula is C10H12ClNO2. The molecule has 0 bridgehead atoms. The number of hydrogen-bond acceptors (Lipinski definition) is 3. The van der Waals surface area contributed by atoms with Crippen molar-refractivity contribution in [2.45, 2.75) is 6.92 Å². The Bertz CT molecular complexity index is 339. The van der Waals surface area contributed by atoms with Crippen LogP contribution in [-0.2, 0) is 0 Å². The van der Waals surface area contributed by atoms with E-state index in [-0.39, 0.29) is 11.7 Å². The van der Waals surface area contributed by atoms with E-state index in [1.807, 2.05) is 6.92 Å². The molecule has 0 aromatic heterocycles. The van der Waals surface area contributed by atoms with E-state index in [0.717, 1.165) is 0 Å². The lowest BCUT2D eigenvalue weighted by molar-refractivity contribution is 0.102. The molecule has 1 aromatic rings. The van der Waals surface area contributed by atoms with E-state index < -0.39 is 0 Å². The second-order valence-electron chi connectivity index (χ2n) is 2.74. The summed E-state index contributed by atoms with van der Waals surface area (Å²) < 4.78 is 5.25. The van der Waals surface area contributed by atoms with Crippen LogP contribution in [0.2, 0.25) is 0 Å². The lowest BCUT2D eigenvalue weighted by Crippen LogP contribution is -2.05. The Hall–Kier alpha value is -1.22. The first kappa shape index (κ1) is 10.9. The average molecular weight is 214 g/mol. The number of alkyl halides is 1.